The fourth-order valence-electron chi connectivity index (χ4n) is 2.65. The molecule has 0 saturated carbocycles. The van der Waals surface area contributed by atoms with Crippen LogP contribution in [0.4, 0.5) is 0 Å². The largest absolute Gasteiger partial charge is 0.304 e. The quantitative estimate of drug-likeness (QED) is 0.725. The third kappa shape index (κ3) is 7.98. The van der Waals surface area contributed by atoms with Crippen molar-refractivity contribution in [1.29, 1.82) is 0 Å². The van der Waals surface area contributed by atoms with E-state index in [1.54, 1.807) is 5.57 Å². The molecule has 21 heavy (non-hydrogen) atoms. The molecule has 0 aromatic rings. The molecule has 126 valence electrons. The van der Waals surface area contributed by atoms with E-state index in [9.17, 15) is 0 Å². The Labute approximate surface area is 134 Å². The standard InChI is InChI=1S/C9H17N.C8H18N2.CH4/c1-8(2)9-4-6-10(3)7-5-9;1-8(2)10-6-4-9(3)5-7-10;/h4,8H,5-7H2,1-3H3;8H,4-7H2,1-3H3;1H4. The van der Waals surface area contributed by atoms with Crippen LogP contribution in [0.1, 0.15) is 41.5 Å². The summed E-state index contributed by atoms with van der Waals surface area (Å²) in [7, 11) is 4.37. The van der Waals surface area contributed by atoms with E-state index in [1.807, 2.05) is 0 Å². The second-order valence-electron chi connectivity index (χ2n) is 6.88. The summed E-state index contributed by atoms with van der Waals surface area (Å²) in [6.07, 6.45) is 3.64. The Morgan fingerprint density at radius 2 is 1.43 bits per heavy atom. The third-order valence-electron chi connectivity index (χ3n) is 4.46. The molecule has 0 atom stereocenters. The maximum atomic E-state index is 2.53. The van der Waals surface area contributed by atoms with Gasteiger partial charge in [-0.1, -0.05) is 32.9 Å². The topological polar surface area (TPSA) is 9.72 Å². The monoisotopic (exact) mass is 297 g/mol. The van der Waals surface area contributed by atoms with E-state index >= 15 is 0 Å². The molecular formula is C18H39N3. The average Bonchev–Trinajstić information content (AvgIpc) is 2.40. The van der Waals surface area contributed by atoms with Gasteiger partial charge in [-0.15, -0.1) is 0 Å². The van der Waals surface area contributed by atoms with Crippen molar-refractivity contribution in [3.05, 3.63) is 11.6 Å². The van der Waals surface area contributed by atoms with Crippen molar-refractivity contribution in [2.75, 3.05) is 53.4 Å². The molecule has 2 rings (SSSR count). The van der Waals surface area contributed by atoms with E-state index in [1.165, 1.54) is 39.1 Å². The summed E-state index contributed by atoms with van der Waals surface area (Å²) in [5.74, 6) is 0.758. The fraction of sp³-hybridized carbons (Fsp3) is 0.889. The van der Waals surface area contributed by atoms with Crippen molar-refractivity contribution >= 4 is 0 Å². The zero-order chi connectivity index (χ0) is 15.1. The second kappa shape index (κ2) is 10.4. The molecule has 1 saturated heterocycles. The number of rotatable bonds is 2. The van der Waals surface area contributed by atoms with Crippen LogP contribution in [-0.2, 0) is 0 Å². The summed E-state index contributed by atoms with van der Waals surface area (Å²) in [6, 6.07) is 0.730. The highest BCUT2D eigenvalue weighted by molar-refractivity contribution is 5.08. The van der Waals surface area contributed by atoms with Crippen molar-refractivity contribution in [2.45, 2.75) is 47.6 Å². The maximum Gasteiger partial charge on any atom is 0.0163 e. The van der Waals surface area contributed by atoms with Gasteiger partial charge in [-0.25, -0.2) is 0 Å². The summed E-state index contributed by atoms with van der Waals surface area (Å²) in [5, 5.41) is 0. The Hall–Kier alpha value is -0.380. The molecule has 0 radical (unpaired) electrons. The zero-order valence-corrected chi connectivity index (χ0v) is 14.5. The molecule has 3 heteroatoms. The Morgan fingerprint density at radius 1 is 0.857 bits per heavy atom. The summed E-state index contributed by atoms with van der Waals surface area (Å²) < 4.78 is 0. The van der Waals surface area contributed by atoms with Gasteiger partial charge in [0.2, 0.25) is 0 Å². The van der Waals surface area contributed by atoms with Gasteiger partial charge in [0.15, 0.2) is 0 Å². The summed E-state index contributed by atoms with van der Waals surface area (Å²) in [6.45, 7) is 16.4. The Balaban J connectivity index is 0.000000364. The van der Waals surface area contributed by atoms with Gasteiger partial charge in [0.05, 0.1) is 0 Å². The normalized spacial score (nSPS) is 21.6. The Morgan fingerprint density at radius 3 is 1.81 bits per heavy atom. The average molecular weight is 298 g/mol. The fourth-order valence-corrected chi connectivity index (χ4v) is 2.65. The molecule has 1 fully saturated rings. The number of nitrogens with zero attached hydrogens (tertiary/aromatic N) is 3. The minimum atomic E-state index is 0. The minimum absolute atomic E-state index is 0. The van der Waals surface area contributed by atoms with Crippen molar-refractivity contribution < 1.29 is 0 Å². The highest BCUT2D eigenvalue weighted by Gasteiger charge is 2.15. The van der Waals surface area contributed by atoms with Gasteiger partial charge >= 0.3 is 0 Å². The second-order valence-corrected chi connectivity index (χ2v) is 6.88. The van der Waals surface area contributed by atoms with E-state index in [-0.39, 0.29) is 7.43 Å². The van der Waals surface area contributed by atoms with Crippen LogP contribution < -0.4 is 0 Å². The smallest absolute Gasteiger partial charge is 0.0163 e. The summed E-state index contributed by atoms with van der Waals surface area (Å²) in [4.78, 5) is 7.27. The van der Waals surface area contributed by atoms with E-state index < -0.39 is 0 Å². The highest BCUT2D eigenvalue weighted by Crippen LogP contribution is 2.17. The van der Waals surface area contributed by atoms with Crippen LogP contribution in [0.15, 0.2) is 11.6 Å². The molecule has 0 aromatic heterocycles. The molecule has 0 bridgehead atoms. The molecule has 0 aromatic carbocycles. The Kier molecular flexibility index (Phi) is 10.2. The first-order valence-corrected chi connectivity index (χ1v) is 8.20. The maximum absolute atomic E-state index is 2.53. The van der Waals surface area contributed by atoms with Crippen molar-refractivity contribution in [3.8, 4) is 0 Å². The van der Waals surface area contributed by atoms with Gasteiger partial charge in [-0.05, 0) is 40.3 Å². The van der Waals surface area contributed by atoms with Crippen LogP contribution in [0, 0.1) is 5.92 Å². The molecule has 0 N–H and O–H groups in total. The van der Waals surface area contributed by atoms with E-state index in [2.05, 4.69) is 62.6 Å². The SMILES string of the molecule is C.CC(C)C1=CCN(C)CC1.CC(C)N1CCN(C)CC1. The van der Waals surface area contributed by atoms with Crippen LogP contribution in [0.25, 0.3) is 0 Å². The number of likely N-dealkylation sites (N-methyl/N-ethyl adjacent to an activating group) is 2. The lowest BCUT2D eigenvalue weighted by molar-refractivity contribution is 0.126. The highest BCUT2D eigenvalue weighted by atomic mass is 15.3. The minimum Gasteiger partial charge on any atom is -0.304 e. The van der Waals surface area contributed by atoms with Gasteiger partial charge in [0.25, 0.3) is 0 Å². The van der Waals surface area contributed by atoms with Gasteiger partial charge in [-0.2, -0.15) is 0 Å². The number of hydrogen-bond acceptors (Lipinski definition) is 3. The molecule has 2 heterocycles. The lowest BCUT2D eigenvalue weighted by Gasteiger charge is -2.34. The summed E-state index contributed by atoms with van der Waals surface area (Å²) in [5.41, 5.74) is 1.64. The van der Waals surface area contributed by atoms with Crippen molar-refractivity contribution in [1.82, 2.24) is 14.7 Å². The van der Waals surface area contributed by atoms with Crippen LogP contribution in [0.3, 0.4) is 0 Å². The van der Waals surface area contributed by atoms with Gasteiger partial charge < -0.3 is 9.80 Å². The summed E-state index contributed by atoms with van der Waals surface area (Å²) >= 11 is 0. The van der Waals surface area contributed by atoms with E-state index in [4.69, 9.17) is 0 Å². The molecule has 0 aliphatic carbocycles. The van der Waals surface area contributed by atoms with E-state index in [0.717, 1.165) is 18.5 Å². The molecule has 0 amide bonds. The van der Waals surface area contributed by atoms with Crippen LogP contribution in [0.5, 0.6) is 0 Å². The molecule has 2 aliphatic rings. The zero-order valence-electron chi connectivity index (χ0n) is 14.5. The predicted octanol–water partition coefficient (Wildman–Crippen LogP) is 3.18. The molecule has 3 nitrogen and oxygen atoms in total. The van der Waals surface area contributed by atoms with Crippen molar-refractivity contribution in [3.63, 3.8) is 0 Å². The first-order valence-electron chi connectivity index (χ1n) is 8.20. The van der Waals surface area contributed by atoms with Crippen molar-refractivity contribution in [2.24, 2.45) is 5.92 Å². The number of hydrogen-bond donors (Lipinski definition) is 0. The van der Waals surface area contributed by atoms with Crippen LogP contribution >= 0.6 is 0 Å². The van der Waals surface area contributed by atoms with Gasteiger partial charge in [-0.3, -0.25) is 4.90 Å². The molecule has 2 aliphatic heterocycles. The van der Waals surface area contributed by atoms with E-state index in [0.29, 0.717) is 0 Å². The Bertz CT molecular complexity index is 289. The molecular weight excluding hydrogens is 258 g/mol. The third-order valence-corrected chi connectivity index (χ3v) is 4.46. The molecule has 0 spiro atoms. The first kappa shape index (κ1) is 20.6. The van der Waals surface area contributed by atoms with Gasteiger partial charge in [0, 0.05) is 45.3 Å². The number of piperazine rings is 1. The predicted molar refractivity (Wildman–Crippen MR) is 96.0 cm³/mol. The first-order chi connectivity index (χ1) is 9.40. The molecule has 0 unspecified atom stereocenters. The lowest BCUT2D eigenvalue weighted by Crippen LogP contribution is -2.47. The lowest BCUT2D eigenvalue weighted by atomic mass is 9.97. The van der Waals surface area contributed by atoms with Crippen LogP contribution in [-0.4, -0.2) is 74.1 Å². The van der Waals surface area contributed by atoms with Crippen LogP contribution in [0.2, 0.25) is 0 Å². The van der Waals surface area contributed by atoms with Gasteiger partial charge in [0.1, 0.15) is 0 Å².